The van der Waals surface area contributed by atoms with Gasteiger partial charge in [0.25, 0.3) is 0 Å². The fraction of sp³-hybridized carbons (Fsp3) is 0.231. The molecule has 1 unspecified atom stereocenters. The lowest BCUT2D eigenvalue weighted by atomic mass is 10.0. The fourth-order valence-electron chi connectivity index (χ4n) is 1.85. The van der Waals surface area contributed by atoms with E-state index in [1.165, 1.54) is 0 Å². The van der Waals surface area contributed by atoms with Gasteiger partial charge in [-0.2, -0.15) is 0 Å². The lowest BCUT2D eigenvalue weighted by Gasteiger charge is -2.18. The molecule has 1 aromatic carbocycles. The third-order valence-electron chi connectivity index (χ3n) is 2.66. The van der Waals surface area contributed by atoms with Crippen molar-refractivity contribution < 1.29 is 8.81 Å². The molecule has 0 aliphatic heterocycles. The van der Waals surface area contributed by atoms with Crippen LogP contribution in [0.1, 0.15) is 24.1 Å². The second kappa shape index (κ2) is 5.99. The van der Waals surface area contributed by atoms with Crippen LogP contribution in [0.5, 0.6) is 0 Å². The van der Waals surface area contributed by atoms with Crippen molar-refractivity contribution >= 4 is 31.9 Å². The van der Waals surface area contributed by atoms with Crippen molar-refractivity contribution in [2.75, 3.05) is 6.54 Å². The fourth-order valence-corrected chi connectivity index (χ4v) is 2.70. The maximum absolute atomic E-state index is 14.2. The first-order valence-corrected chi connectivity index (χ1v) is 7.14. The molecule has 18 heavy (non-hydrogen) atoms. The van der Waals surface area contributed by atoms with Crippen LogP contribution >= 0.6 is 31.9 Å². The van der Waals surface area contributed by atoms with E-state index in [1.54, 1.807) is 18.4 Å². The molecule has 5 heteroatoms. The number of hydrogen-bond acceptors (Lipinski definition) is 2. The van der Waals surface area contributed by atoms with Crippen LogP contribution in [-0.2, 0) is 0 Å². The molecule has 0 aliphatic carbocycles. The van der Waals surface area contributed by atoms with Gasteiger partial charge in [0.15, 0.2) is 4.67 Å². The third kappa shape index (κ3) is 2.68. The van der Waals surface area contributed by atoms with Crippen molar-refractivity contribution in [1.29, 1.82) is 0 Å². The van der Waals surface area contributed by atoms with Crippen LogP contribution in [0, 0.1) is 5.82 Å². The summed E-state index contributed by atoms with van der Waals surface area (Å²) in [5.41, 5.74) is 1.47. The lowest BCUT2D eigenvalue weighted by molar-refractivity contribution is 0.517. The lowest BCUT2D eigenvalue weighted by Crippen LogP contribution is -2.23. The Morgan fingerprint density at radius 1 is 1.28 bits per heavy atom. The van der Waals surface area contributed by atoms with Gasteiger partial charge in [-0.05, 0) is 50.5 Å². The number of furan rings is 1. The first-order valence-electron chi connectivity index (χ1n) is 5.55. The first kappa shape index (κ1) is 13.8. The molecule has 1 aromatic heterocycles. The van der Waals surface area contributed by atoms with Crippen LogP contribution < -0.4 is 5.32 Å². The minimum atomic E-state index is -0.253. The van der Waals surface area contributed by atoms with Gasteiger partial charge in [-0.3, -0.25) is 0 Å². The summed E-state index contributed by atoms with van der Waals surface area (Å²) in [5, 5.41) is 3.26. The molecule has 0 fully saturated rings. The largest absolute Gasteiger partial charge is 0.457 e. The maximum Gasteiger partial charge on any atom is 0.174 e. The molecule has 2 rings (SSSR count). The molecule has 96 valence electrons. The minimum absolute atomic E-state index is 0.236. The zero-order valence-corrected chi connectivity index (χ0v) is 12.9. The predicted octanol–water partition coefficient (Wildman–Crippen LogP) is 4.64. The normalized spacial score (nSPS) is 12.7. The molecule has 0 saturated heterocycles. The summed E-state index contributed by atoms with van der Waals surface area (Å²) in [7, 11) is 0. The van der Waals surface area contributed by atoms with Crippen molar-refractivity contribution in [2.45, 2.75) is 13.0 Å². The van der Waals surface area contributed by atoms with Gasteiger partial charge < -0.3 is 9.73 Å². The monoisotopic (exact) mass is 375 g/mol. The van der Waals surface area contributed by atoms with Gasteiger partial charge in [0.05, 0.1) is 16.8 Å². The van der Waals surface area contributed by atoms with E-state index in [-0.39, 0.29) is 11.9 Å². The van der Waals surface area contributed by atoms with E-state index in [4.69, 9.17) is 4.42 Å². The van der Waals surface area contributed by atoms with Crippen LogP contribution in [0.3, 0.4) is 0 Å². The Balaban J connectivity index is 2.48. The standard InChI is InChI=1S/C13H12Br2FNO/c1-2-17-12(9-6-7-18-13(9)15)8-4-3-5-10(14)11(8)16/h3-7,12,17H,2H2,1H3. The Morgan fingerprint density at radius 2 is 2.06 bits per heavy atom. The Morgan fingerprint density at radius 3 is 2.67 bits per heavy atom. The van der Waals surface area contributed by atoms with Gasteiger partial charge in [-0.1, -0.05) is 19.1 Å². The van der Waals surface area contributed by atoms with Gasteiger partial charge in [0.1, 0.15) is 5.82 Å². The zero-order valence-electron chi connectivity index (χ0n) is 9.71. The maximum atomic E-state index is 14.2. The molecule has 0 spiro atoms. The topological polar surface area (TPSA) is 25.2 Å². The highest BCUT2D eigenvalue weighted by molar-refractivity contribution is 9.10. The highest BCUT2D eigenvalue weighted by atomic mass is 79.9. The molecule has 0 amide bonds. The molecule has 0 aliphatic rings. The third-order valence-corrected chi connectivity index (χ3v) is 3.91. The summed E-state index contributed by atoms with van der Waals surface area (Å²) in [6.45, 7) is 2.71. The van der Waals surface area contributed by atoms with Crippen molar-refractivity contribution in [3.63, 3.8) is 0 Å². The highest BCUT2D eigenvalue weighted by Crippen LogP contribution is 2.32. The summed E-state index contributed by atoms with van der Waals surface area (Å²) < 4.78 is 20.5. The summed E-state index contributed by atoms with van der Waals surface area (Å²) in [5.74, 6) is -0.253. The Bertz CT molecular complexity index is 542. The van der Waals surface area contributed by atoms with Gasteiger partial charge in [-0.25, -0.2) is 4.39 Å². The second-order valence-electron chi connectivity index (χ2n) is 3.78. The van der Waals surface area contributed by atoms with E-state index >= 15 is 0 Å². The van der Waals surface area contributed by atoms with E-state index in [2.05, 4.69) is 37.2 Å². The molecule has 0 radical (unpaired) electrons. The van der Waals surface area contributed by atoms with Crippen LogP contribution in [-0.4, -0.2) is 6.54 Å². The average molecular weight is 377 g/mol. The molecular formula is C13H12Br2FNO. The average Bonchev–Trinajstić information content (AvgIpc) is 2.76. The number of benzene rings is 1. The van der Waals surface area contributed by atoms with Crippen LogP contribution in [0.4, 0.5) is 4.39 Å². The number of nitrogens with one attached hydrogen (secondary N) is 1. The molecule has 1 N–H and O–H groups in total. The van der Waals surface area contributed by atoms with Crippen molar-refractivity contribution in [3.8, 4) is 0 Å². The van der Waals surface area contributed by atoms with Crippen LogP contribution in [0.25, 0.3) is 0 Å². The molecule has 1 heterocycles. The molecule has 2 nitrogen and oxygen atoms in total. The smallest absolute Gasteiger partial charge is 0.174 e. The predicted molar refractivity (Wildman–Crippen MR) is 76.0 cm³/mol. The number of hydrogen-bond donors (Lipinski definition) is 1. The Kier molecular flexibility index (Phi) is 4.59. The minimum Gasteiger partial charge on any atom is -0.457 e. The van der Waals surface area contributed by atoms with Gasteiger partial charge >= 0.3 is 0 Å². The number of rotatable bonds is 4. The molecule has 0 bridgehead atoms. The van der Waals surface area contributed by atoms with Gasteiger partial charge in [0.2, 0.25) is 0 Å². The first-order chi connectivity index (χ1) is 8.65. The summed E-state index contributed by atoms with van der Waals surface area (Å²) >= 11 is 6.55. The summed E-state index contributed by atoms with van der Waals surface area (Å²) in [4.78, 5) is 0. The SMILES string of the molecule is CCNC(c1ccoc1Br)c1cccc(Br)c1F. The van der Waals surface area contributed by atoms with Crippen LogP contribution in [0.2, 0.25) is 0 Å². The second-order valence-corrected chi connectivity index (χ2v) is 5.36. The van der Waals surface area contributed by atoms with Crippen molar-refractivity contribution in [3.05, 3.63) is 56.6 Å². The van der Waals surface area contributed by atoms with Crippen LogP contribution in [0.15, 0.2) is 44.1 Å². The molecule has 1 atom stereocenters. The van der Waals surface area contributed by atoms with E-state index in [0.29, 0.717) is 14.7 Å². The van der Waals surface area contributed by atoms with Gasteiger partial charge in [-0.15, -0.1) is 0 Å². The van der Waals surface area contributed by atoms with Crippen molar-refractivity contribution in [2.24, 2.45) is 0 Å². The molecule has 0 saturated carbocycles. The quantitative estimate of drug-likeness (QED) is 0.840. The van der Waals surface area contributed by atoms with E-state index < -0.39 is 0 Å². The van der Waals surface area contributed by atoms with E-state index in [1.807, 2.05) is 19.1 Å². The van der Waals surface area contributed by atoms with E-state index in [0.717, 1.165) is 12.1 Å². The Hall–Kier alpha value is -0.650. The molecular weight excluding hydrogens is 365 g/mol. The zero-order chi connectivity index (χ0) is 13.1. The summed E-state index contributed by atoms with van der Waals surface area (Å²) in [6, 6.07) is 6.87. The summed E-state index contributed by atoms with van der Waals surface area (Å²) in [6.07, 6.45) is 1.58. The molecule has 2 aromatic rings. The van der Waals surface area contributed by atoms with Gasteiger partial charge in [0, 0.05) is 11.1 Å². The number of halogens is 3. The Labute approximate surface area is 122 Å². The highest BCUT2D eigenvalue weighted by Gasteiger charge is 2.21. The van der Waals surface area contributed by atoms with E-state index in [9.17, 15) is 4.39 Å². The van der Waals surface area contributed by atoms with Crippen molar-refractivity contribution in [1.82, 2.24) is 5.32 Å².